The van der Waals surface area contributed by atoms with Crippen LogP contribution in [-0.2, 0) is 12.8 Å². The number of aliphatic hydroxyl groups excluding tert-OH is 1. The average Bonchev–Trinajstić information content (AvgIpc) is 2.24. The lowest BCUT2D eigenvalue weighted by atomic mass is 10.0. The molecule has 0 amide bonds. The first kappa shape index (κ1) is 12.8. The molecule has 2 N–H and O–H groups in total. The van der Waals surface area contributed by atoms with E-state index in [0.717, 1.165) is 24.1 Å². The Balaban J connectivity index is 2.97. The third kappa shape index (κ3) is 3.35. The summed E-state index contributed by atoms with van der Waals surface area (Å²) >= 11 is 12.0. The van der Waals surface area contributed by atoms with Gasteiger partial charge in [-0.2, -0.15) is 0 Å². The van der Waals surface area contributed by atoms with E-state index in [4.69, 9.17) is 28.3 Å². The van der Waals surface area contributed by atoms with Crippen molar-refractivity contribution in [1.29, 1.82) is 0 Å². The maximum atomic E-state index is 8.97. The van der Waals surface area contributed by atoms with Crippen LogP contribution >= 0.6 is 23.2 Å². The molecule has 0 fully saturated rings. The summed E-state index contributed by atoms with van der Waals surface area (Å²) in [5.74, 6) is 0. The molecule has 4 heteroatoms. The van der Waals surface area contributed by atoms with Crippen molar-refractivity contribution in [3.8, 4) is 0 Å². The molecule has 2 nitrogen and oxygen atoms in total. The van der Waals surface area contributed by atoms with Gasteiger partial charge in [-0.1, -0.05) is 29.3 Å². The molecule has 0 aliphatic carbocycles. The lowest BCUT2D eigenvalue weighted by Gasteiger charge is -2.11. The summed E-state index contributed by atoms with van der Waals surface area (Å²) in [6.07, 6.45) is 1.45. The van der Waals surface area contributed by atoms with Crippen LogP contribution in [-0.4, -0.2) is 25.3 Å². The third-order valence-corrected chi connectivity index (χ3v) is 3.14. The van der Waals surface area contributed by atoms with E-state index < -0.39 is 0 Å². The minimum absolute atomic E-state index is 0.0899. The fourth-order valence-corrected chi connectivity index (χ4v) is 1.96. The van der Waals surface area contributed by atoms with E-state index in [1.54, 1.807) is 6.07 Å². The molecule has 0 unspecified atom stereocenters. The van der Waals surface area contributed by atoms with Crippen molar-refractivity contribution in [2.24, 2.45) is 0 Å². The van der Waals surface area contributed by atoms with Crippen molar-refractivity contribution in [2.75, 3.05) is 20.2 Å². The quantitative estimate of drug-likeness (QED) is 0.837. The maximum Gasteiger partial charge on any atom is 0.0627 e. The van der Waals surface area contributed by atoms with Gasteiger partial charge in [0, 0.05) is 6.61 Å². The summed E-state index contributed by atoms with van der Waals surface area (Å²) in [5, 5.41) is 13.2. The van der Waals surface area contributed by atoms with E-state index in [-0.39, 0.29) is 6.61 Å². The minimum atomic E-state index is 0.0899. The second-order valence-electron chi connectivity index (χ2n) is 3.33. The molecule has 0 saturated heterocycles. The molecular weight excluding hydrogens is 233 g/mol. The second kappa shape index (κ2) is 6.33. The molecule has 1 rings (SSSR count). The second-order valence-corrected chi connectivity index (χ2v) is 4.11. The molecule has 1 aromatic carbocycles. The van der Waals surface area contributed by atoms with E-state index in [0.29, 0.717) is 16.5 Å². The van der Waals surface area contributed by atoms with Gasteiger partial charge in [-0.05, 0) is 43.6 Å². The molecule has 0 radical (unpaired) electrons. The lowest BCUT2D eigenvalue weighted by Crippen LogP contribution is -2.12. The number of benzene rings is 1. The van der Waals surface area contributed by atoms with Gasteiger partial charge >= 0.3 is 0 Å². The molecule has 0 bridgehead atoms. The van der Waals surface area contributed by atoms with Gasteiger partial charge < -0.3 is 10.4 Å². The average molecular weight is 248 g/mol. The maximum absolute atomic E-state index is 8.97. The minimum Gasteiger partial charge on any atom is -0.396 e. The monoisotopic (exact) mass is 247 g/mol. The molecule has 0 aliphatic heterocycles. The van der Waals surface area contributed by atoms with Gasteiger partial charge in [-0.15, -0.1) is 0 Å². The number of hydrogen-bond acceptors (Lipinski definition) is 2. The Bertz CT molecular complexity index is 329. The number of nitrogens with one attached hydrogen (secondary N) is 1. The standard InChI is InChI=1S/C11H15Cl2NO/c1-14-6-4-8-2-3-10(12)11(13)9(8)5-7-15/h2-3,14-15H,4-7H2,1H3. The van der Waals surface area contributed by atoms with Crippen LogP contribution in [0.3, 0.4) is 0 Å². The van der Waals surface area contributed by atoms with Crippen LogP contribution in [0.1, 0.15) is 11.1 Å². The number of likely N-dealkylation sites (N-methyl/N-ethyl adjacent to an activating group) is 1. The van der Waals surface area contributed by atoms with E-state index >= 15 is 0 Å². The number of rotatable bonds is 5. The zero-order valence-electron chi connectivity index (χ0n) is 8.69. The van der Waals surface area contributed by atoms with Crippen molar-refractivity contribution >= 4 is 23.2 Å². The topological polar surface area (TPSA) is 32.3 Å². The molecule has 84 valence electrons. The molecule has 0 heterocycles. The molecule has 0 aromatic heterocycles. The summed E-state index contributed by atoms with van der Waals surface area (Å²) < 4.78 is 0. The molecule has 15 heavy (non-hydrogen) atoms. The molecule has 1 aromatic rings. The fourth-order valence-electron chi connectivity index (χ4n) is 1.51. The van der Waals surface area contributed by atoms with Gasteiger partial charge in [0.25, 0.3) is 0 Å². The first-order valence-electron chi connectivity index (χ1n) is 4.92. The van der Waals surface area contributed by atoms with Crippen LogP contribution in [0.2, 0.25) is 10.0 Å². The predicted molar refractivity (Wildman–Crippen MR) is 64.9 cm³/mol. The Kier molecular flexibility index (Phi) is 5.40. The molecule has 0 aliphatic rings. The molecule has 0 atom stereocenters. The Morgan fingerprint density at radius 2 is 2.00 bits per heavy atom. The van der Waals surface area contributed by atoms with Gasteiger partial charge in [0.2, 0.25) is 0 Å². The first-order chi connectivity index (χ1) is 7.20. The van der Waals surface area contributed by atoms with Crippen molar-refractivity contribution in [3.05, 3.63) is 33.3 Å². The first-order valence-corrected chi connectivity index (χ1v) is 5.67. The van der Waals surface area contributed by atoms with Crippen LogP contribution < -0.4 is 5.32 Å². The van der Waals surface area contributed by atoms with Gasteiger partial charge in [-0.3, -0.25) is 0 Å². The van der Waals surface area contributed by atoms with Crippen molar-refractivity contribution in [3.63, 3.8) is 0 Å². The van der Waals surface area contributed by atoms with Crippen LogP contribution in [0.5, 0.6) is 0 Å². The molecule has 0 saturated carbocycles. The van der Waals surface area contributed by atoms with E-state index in [2.05, 4.69) is 5.32 Å². The van der Waals surface area contributed by atoms with Crippen LogP contribution in [0.25, 0.3) is 0 Å². The Labute approximate surface area is 100 Å². The van der Waals surface area contributed by atoms with Gasteiger partial charge in [0.15, 0.2) is 0 Å². The van der Waals surface area contributed by atoms with E-state index in [9.17, 15) is 0 Å². The van der Waals surface area contributed by atoms with Crippen molar-refractivity contribution in [1.82, 2.24) is 5.32 Å². The normalized spacial score (nSPS) is 10.7. The number of aliphatic hydroxyl groups is 1. The Hall–Kier alpha value is -0.280. The van der Waals surface area contributed by atoms with E-state index in [1.165, 1.54) is 0 Å². The van der Waals surface area contributed by atoms with E-state index in [1.807, 2.05) is 13.1 Å². The highest BCUT2D eigenvalue weighted by Crippen LogP contribution is 2.29. The predicted octanol–water partition coefficient (Wildman–Crippen LogP) is 2.29. The summed E-state index contributed by atoms with van der Waals surface area (Å²) in [5.41, 5.74) is 2.11. The summed E-state index contributed by atoms with van der Waals surface area (Å²) in [4.78, 5) is 0. The lowest BCUT2D eigenvalue weighted by molar-refractivity contribution is 0.299. The summed E-state index contributed by atoms with van der Waals surface area (Å²) in [6, 6.07) is 3.77. The van der Waals surface area contributed by atoms with Gasteiger partial charge in [-0.25, -0.2) is 0 Å². The fraction of sp³-hybridized carbons (Fsp3) is 0.455. The smallest absolute Gasteiger partial charge is 0.0627 e. The third-order valence-electron chi connectivity index (χ3n) is 2.30. The zero-order valence-corrected chi connectivity index (χ0v) is 10.2. The summed E-state index contributed by atoms with van der Waals surface area (Å²) in [7, 11) is 1.91. The van der Waals surface area contributed by atoms with Crippen molar-refractivity contribution in [2.45, 2.75) is 12.8 Å². The number of hydrogen-bond donors (Lipinski definition) is 2. The summed E-state index contributed by atoms with van der Waals surface area (Å²) in [6.45, 7) is 0.975. The molecule has 0 spiro atoms. The highest BCUT2D eigenvalue weighted by Gasteiger charge is 2.09. The Morgan fingerprint density at radius 1 is 1.27 bits per heavy atom. The van der Waals surface area contributed by atoms with Gasteiger partial charge in [0.1, 0.15) is 0 Å². The van der Waals surface area contributed by atoms with Crippen LogP contribution in [0, 0.1) is 0 Å². The largest absolute Gasteiger partial charge is 0.396 e. The van der Waals surface area contributed by atoms with Crippen LogP contribution in [0.4, 0.5) is 0 Å². The number of halogens is 2. The molecular formula is C11H15Cl2NO. The highest BCUT2D eigenvalue weighted by molar-refractivity contribution is 6.42. The van der Waals surface area contributed by atoms with Crippen molar-refractivity contribution < 1.29 is 5.11 Å². The highest BCUT2D eigenvalue weighted by atomic mass is 35.5. The SMILES string of the molecule is CNCCc1ccc(Cl)c(Cl)c1CCO. The van der Waals surface area contributed by atoms with Crippen LogP contribution in [0.15, 0.2) is 12.1 Å². The van der Waals surface area contributed by atoms with Gasteiger partial charge in [0.05, 0.1) is 10.0 Å². The Morgan fingerprint density at radius 3 is 2.60 bits per heavy atom. The zero-order chi connectivity index (χ0) is 11.3.